The lowest BCUT2D eigenvalue weighted by Crippen LogP contribution is -2.47. The Morgan fingerprint density at radius 2 is 1.69 bits per heavy atom. The zero-order chi connectivity index (χ0) is 19.9. The molecule has 0 aromatic heterocycles. The summed E-state index contributed by atoms with van der Waals surface area (Å²) in [7, 11) is 0. The van der Waals surface area contributed by atoms with Gasteiger partial charge in [0.1, 0.15) is 0 Å². The van der Waals surface area contributed by atoms with Crippen molar-refractivity contribution in [1.29, 1.82) is 0 Å². The monoisotopic (exact) mass is 392 g/mol. The molecule has 5 heteroatoms. The minimum absolute atomic E-state index is 0.0853. The summed E-state index contributed by atoms with van der Waals surface area (Å²) in [5, 5.41) is 6.09. The summed E-state index contributed by atoms with van der Waals surface area (Å²) in [5.74, 6) is 0. The van der Waals surface area contributed by atoms with E-state index in [0.717, 1.165) is 57.7 Å². The zero-order valence-corrected chi connectivity index (χ0v) is 17.2. The molecule has 1 heterocycles. The highest BCUT2D eigenvalue weighted by atomic mass is 16.2. The first-order chi connectivity index (χ1) is 14.3. The third-order valence-corrected chi connectivity index (χ3v) is 6.07. The quantitative estimate of drug-likeness (QED) is 0.733. The SMILES string of the molecule is O=C(NCCCN1CCN(c2ccccc2)CC1)Nc1cccc2c1CCCC2. The number of nitrogens with zero attached hydrogens (tertiary/aromatic N) is 2. The number of piperazine rings is 1. The Kier molecular flexibility index (Phi) is 6.67. The van der Waals surface area contributed by atoms with E-state index in [1.807, 2.05) is 6.07 Å². The molecule has 2 amide bonds. The maximum atomic E-state index is 12.3. The highest BCUT2D eigenvalue weighted by Crippen LogP contribution is 2.27. The fourth-order valence-corrected chi connectivity index (χ4v) is 4.44. The Labute approximate surface area is 174 Å². The minimum atomic E-state index is -0.0853. The number of fused-ring (bicyclic) bond motifs is 1. The molecule has 0 atom stereocenters. The third kappa shape index (κ3) is 5.30. The lowest BCUT2D eigenvalue weighted by atomic mass is 9.90. The summed E-state index contributed by atoms with van der Waals surface area (Å²) in [6.07, 6.45) is 5.64. The molecular formula is C24H32N4O. The van der Waals surface area contributed by atoms with Crippen LogP contribution in [-0.4, -0.2) is 50.2 Å². The molecule has 2 aliphatic rings. The zero-order valence-electron chi connectivity index (χ0n) is 17.2. The smallest absolute Gasteiger partial charge is 0.319 e. The number of urea groups is 1. The van der Waals surface area contributed by atoms with Crippen LogP contribution in [0.25, 0.3) is 0 Å². The number of nitrogens with one attached hydrogen (secondary N) is 2. The second kappa shape index (κ2) is 9.79. The molecule has 0 spiro atoms. The molecule has 0 bridgehead atoms. The van der Waals surface area contributed by atoms with E-state index in [9.17, 15) is 4.79 Å². The second-order valence-electron chi connectivity index (χ2n) is 8.05. The first-order valence-electron chi connectivity index (χ1n) is 11.0. The molecular weight excluding hydrogens is 360 g/mol. The Morgan fingerprint density at radius 3 is 2.52 bits per heavy atom. The van der Waals surface area contributed by atoms with Crippen LogP contribution in [0.15, 0.2) is 48.5 Å². The summed E-state index contributed by atoms with van der Waals surface area (Å²) >= 11 is 0. The van der Waals surface area contributed by atoms with Gasteiger partial charge in [-0.15, -0.1) is 0 Å². The van der Waals surface area contributed by atoms with Gasteiger partial charge in [-0.25, -0.2) is 4.79 Å². The van der Waals surface area contributed by atoms with E-state index >= 15 is 0 Å². The average Bonchev–Trinajstić information content (AvgIpc) is 2.78. The normalized spacial score (nSPS) is 16.9. The van der Waals surface area contributed by atoms with Crippen LogP contribution in [0.3, 0.4) is 0 Å². The van der Waals surface area contributed by atoms with E-state index in [1.54, 1.807) is 0 Å². The van der Waals surface area contributed by atoms with E-state index < -0.39 is 0 Å². The van der Waals surface area contributed by atoms with Crippen molar-refractivity contribution in [3.05, 3.63) is 59.7 Å². The highest BCUT2D eigenvalue weighted by molar-refractivity contribution is 5.90. The largest absolute Gasteiger partial charge is 0.369 e. The first-order valence-corrected chi connectivity index (χ1v) is 11.0. The van der Waals surface area contributed by atoms with Crippen molar-refractivity contribution in [2.24, 2.45) is 0 Å². The minimum Gasteiger partial charge on any atom is -0.369 e. The predicted molar refractivity (Wildman–Crippen MR) is 120 cm³/mol. The van der Waals surface area contributed by atoms with Crippen LogP contribution in [0.1, 0.15) is 30.4 Å². The molecule has 4 rings (SSSR count). The number of hydrogen-bond donors (Lipinski definition) is 2. The van der Waals surface area contributed by atoms with E-state index in [2.05, 4.69) is 62.9 Å². The van der Waals surface area contributed by atoms with Crippen LogP contribution in [0, 0.1) is 0 Å². The van der Waals surface area contributed by atoms with Crippen LogP contribution in [0.4, 0.5) is 16.2 Å². The van der Waals surface area contributed by atoms with Crippen LogP contribution >= 0.6 is 0 Å². The molecule has 1 saturated heterocycles. The van der Waals surface area contributed by atoms with Gasteiger partial charge < -0.3 is 15.5 Å². The van der Waals surface area contributed by atoms with E-state index in [4.69, 9.17) is 0 Å². The van der Waals surface area contributed by atoms with Gasteiger partial charge in [-0.05, 0) is 68.0 Å². The van der Waals surface area contributed by atoms with Gasteiger partial charge in [-0.2, -0.15) is 0 Å². The molecule has 0 unspecified atom stereocenters. The summed E-state index contributed by atoms with van der Waals surface area (Å²) in [5.41, 5.74) is 5.01. The molecule has 1 aliphatic carbocycles. The number of hydrogen-bond acceptors (Lipinski definition) is 3. The second-order valence-corrected chi connectivity index (χ2v) is 8.05. The molecule has 2 aromatic carbocycles. The van der Waals surface area contributed by atoms with Crippen molar-refractivity contribution in [1.82, 2.24) is 10.2 Å². The molecule has 29 heavy (non-hydrogen) atoms. The fourth-order valence-electron chi connectivity index (χ4n) is 4.44. The average molecular weight is 393 g/mol. The number of para-hydroxylation sites is 1. The molecule has 0 saturated carbocycles. The Bertz CT molecular complexity index is 800. The number of rotatable bonds is 6. The molecule has 2 N–H and O–H groups in total. The number of amides is 2. The van der Waals surface area contributed by atoms with Gasteiger partial charge in [0.15, 0.2) is 0 Å². The Morgan fingerprint density at radius 1 is 0.897 bits per heavy atom. The van der Waals surface area contributed by atoms with Crippen LogP contribution < -0.4 is 15.5 Å². The number of carbonyl (C=O) groups is 1. The molecule has 154 valence electrons. The summed E-state index contributed by atoms with van der Waals surface area (Å²) in [6.45, 7) is 6.03. The van der Waals surface area contributed by atoms with E-state index in [-0.39, 0.29) is 6.03 Å². The van der Waals surface area contributed by atoms with E-state index in [1.165, 1.54) is 29.7 Å². The third-order valence-electron chi connectivity index (χ3n) is 6.07. The highest BCUT2D eigenvalue weighted by Gasteiger charge is 2.17. The van der Waals surface area contributed by atoms with Crippen molar-refractivity contribution < 1.29 is 4.79 Å². The molecule has 2 aromatic rings. The number of aryl methyl sites for hydroxylation is 1. The van der Waals surface area contributed by atoms with Gasteiger partial charge in [-0.1, -0.05) is 30.3 Å². The van der Waals surface area contributed by atoms with Crippen molar-refractivity contribution in [3.8, 4) is 0 Å². The van der Waals surface area contributed by atoms with Crippen LogP contribution in [-0.2, 0) is 12.8 Å². The number of benzene rings is 2. The predicted octanol–water partition coefficient (Wildman–Crippen LogP) is 3.90. The number of carbonyl (C=O) groups excluding carboxylic acids is 1. The molecule has 5 nitrogen and oxygen atoms in total. The van der Waals surface area contributed by atoms with Crippen molar-refractivity contribution in [3.63, 3.8) is 0 Å². The maximum Gasteiger partial charge on any atom is 0.319 e. The summed E-state index contributed by atoms with van der Waals surface area (Å²) in [6, 6.07) is 16.8. The van der Waals surface area contributed by atoms with Gasteiger partial charge in [0.25, 0.3) is 0 Å². The first kappa shape index (κ1) is 19.8. The van der Waals surface area contributed by atoms with E-state index in [0.29, 0.717) is 6.54 Å². The summed E-state index contributed by atoms with van der Waals surface area (Å²) in [4.78, 5) is 17.2. The van der Waals surface area contributed by atoms with Gasteiger partial charge in [0.2, 0.25) is 0 Å². The topological polar surface area (TPSA) is 47.6 Å². The van der Waals surface area contributed by atoms with Crippen molar-refractivity contribution >= 4 is 17.4 Å². The molecule has 1 fully saturated rings. The van der Waals surface area contributed by atoms with Gasteiger partial charge in [0, 0.05) is 44.1 Å². The van der Waals surface area contributed by atoms with Crippen molar-refractivity contribution in [2.75, 3.05) is 49.5 Å². The fraction of sp³-hybridized carbons (Fsp3) is 0.458. The van der Waals surface area contributed by atoms with Gasteiger partial charge >= 0.3 is 6.03 Å². The number of anilines is 2. The molecule has 0 radical (unpaired) electrons. The van der Waals surface area contributed by atoms with Gasteiger partial charge in [-0.3, -0.25) is 4.90 Å². The summed E-state index contributed by atoms with van der Waals surface area (Å²) < 4.78 is 0. The van der Waals surface area contributed by atoms with Crippen molar-refractivity contribution in [2.45, 2.75) is 32.1 Å². The van der Waals surface area contributed by atoms with Crippen LogP contribution in [0.2, 0.25) is 0 Å². The van der Waals surface area contributed by atoms with Crippen LogP contribution in [0.5, 0.6) is 0 Å². The lowest BCUT2D eigenvalue weighted by Gasteiger charge is -2.36. The van der Waals surface area contributed by atoms with Gasteiger partial charge in [0.05, 0.1) is 0 Å². The standard InChI is InChI=1S/C24H32N4O/c29-24(26-23-13-6-9-20-8-4-5-12-22(20)23)25-14-7-15-27-16-18-28(19-17-27)21-10-2-1-3-11-21/h1-3,6,9-11,13H,4-5,7-8,12,14-19H2,(H2,25,26,29). The Balaban J connectivity index is 1.15. The lowest BCUT2D eigenvalue weighted by molar-refractivity contribution is 0.244. The maximum absolute atomic E-state index is 12.3. The Hall–Kier alpha value is -2.53. The molecule has 1 aliphatic heterocycles.